The average Bonchev–Trinajstić information content (AvgIpc) is 3.38. The number of hydrogen-bond acceptors (Lipinski definition) is 11. The van der Waals surface area contributed by atoms with Gasteiger partial charge in [0.05, 0.1) is 0 Å². The fraction of sp³-hybridized carbons (Fsp3) is 0.333. The molecule has 2 fully saturated rings. The van der Waals surface area contributed by atoms with E-state index >= 15 is 0 Å². The third kappa shape index (κ3) is 3.93. The maximum absolute atomic E-state index is 12.7. The molecule has 168 valence electrons. The minimum absolute atomic E-state index is 0.0542. The van der Waals surface area contributed by atoms with Gasteiger partial charge in [-0.2, -0.15) is 0 Å². The number of hydrogen-bond donors (Lipinski definition) is 4. The fourth-order valence-corrected chi connectivity index (χ4v) is 5.36. The van der Waals surface area contributed by atoms with Gasteiger partial charge in [-0.15, -0.1) is 23.1 Å². The first-order valence-corrected chi connectivity index (χ1v) is 11.3. The van der Waals surface area contributed by atoms with Crippen LogP contribution < -0.4 is 11.1 Å². The van der Waals surface area contributed by atoms with Crippen molar-refractivity contribution in [1.29, 1.82) is 0 Å². The molecule has 2 amide bonds. The Balaban J connectivity index is 1.49. The smallest absolute Gasteiger partial charge is 0.352 e. The summed E-state index contributed by atoms with van der Waals surface area (Å²) in [5.74, 6) is -2.78. The van der Waals surface area contributed by atoms with Gasteiger partial charge in [-0.1, -0.05) is 11.2 Å². The van der Waals surface area contributed by atoms with Gasteiger partial charge in [0.15, 0.2) is 10.8 Å². The molecule has 0 spiro atoms. The van der Waals surface area contributed by atoms with Crippen molar-refractivity contribution in [2.75, 3.05) is 11.5 Å². The van der Waals surface area contributed by atoms with Gasteiger partial charge in [-0.3, -0.25) is 19.3 Å². The normalized spacial score (nSPS) is 25.6. The summed E-state index contributed by atoms with van der Waals surface area (Å²) >= 11 is 2.32. The summed E-state index contributed by atoms with van der Waals surface area (Å²) in [6.45, 7) is 0. The van der Waals surface area contributed by atoms with Crippen molar-refractivity contribution in [3.63, 3.8) is 0 Å². The van der Waals surface area contributed by atoms with Gasteiger partial charge in [0.25, 0.3) is 11.8 Å². The number of carbonyl (C=O) groups is 4. The van der Waals surface area contributed by atoms with Crippen LogP contribution in [0.4, 0.5) is 5.13 Å². The number of nitrogens with zero attached hydrogens (tertiary/aromatic N) is 3. The van der Waals surface area contributed by atoms with Crippen molar-refractivity contribution in [3.05, 3.63) is 34.5 Å². The first-order valence-electron chi connectivity index (χ1n) is 9.33. The third-order valence-electron chi connectivity index (χ3n) is 4.99. The van der Waals surface area contributed by atoms with Crippen LogP contribution in [0, 0.1) is 0 Å². The molecular weight excluding hydrogens is 462 g/mol. The molecule has 0 aliphatic carbocycles. The Hall–Kier alpha value is -3.39. The Morgan fingerprint density at radius 1 is 1.41 bits per heavy atom. The molecule has 32 heavy (non-hydrogen) atoms. The summed E-state index contributed by atoms with van der Waals surface area (Å²) in [5, 5.41) is 25.3. The third-order valence-corrected chi connectivity index (χ3v) is 6.97. The van der Waals surface area contributed by atoms with Gasteiger partial charge >= 0.3 is 11.9 Å². The highest BCUT2D eigenvalue weighted by atomic mass is 32.2. The Morgan fingerprint density at radius 3 is 2.78 bits per heavy atom. The molecule has 4 heterocycles. The second-order valence-electron chi connectivity index (χ2n) is 6.99. The minimum atomic E-state index is -1.29. The number of thioether (sulfide) groups is 1. The van der Waals surface area contributed by atoms with E-state index in [1.165, 1.54) is 17.1 Å². The molecule has 14 heteroatoms. The number of aliphatic carboxylic acids is 1. The van der Waals surface area contributed by atoms with Gasteiger partial charge in [0, 0.05) is 17.6 Å². The first-order chi connectivity index (χ1) is 15.3. The predicted molar refractivity (Wildman–Crippen MR) is 113 cm³/mol. The van der Waals surface area contributed by atoms with E-state index < -0.39 is 41.0 Å². The second kappa shape index (κ2) is 8.63. The van der Waals surface area contributed by atoms with Crippen molar-refractivity contribution in [1.82, 2.24) is 15.2 Å². The highest BCUT2D eigenvalue weighted by Crippen LogP contribution is 2.40. The zero-order chi connectivity index (χ0) is 23.0. The number of β-lactam (4-membered cyclic amide) rings is 1. The van der Waals surface area contributed by atoms with Crippen molar-refractivity contribution in [2.24, 2.45) is 5.16 Å². The molecule has 3 atom stereocenters. The average molecular weight is 479 g/mol. The van der Waals surface area contributed by atoms with E-state index in [0.717, 1.165) is 16.2 Å². The molecule has 1 unspecified atom stereocenters. The number of oxime groups is 1. The number of ether oxygens (including phenoxy) is 1. The van der Waals surface area contributed by atoms with E-state index in [1.807, 2.05) is 0 Å². The van der Waals surface area contributed by atoms with Gasteiger partial charge < -0.3 is 26.1 Å². The van der Waals surface area contributed by atoms with Crippen LogP contribution in [0.3, 0.4) is 0 Å². The van der Waals surface area contributed by atoms with E-state index in [4.69, 9.17) is 10.5 Å². The van der Waals surface area contributed by atoms with Crippen molar-refractivity contribution in [3.8, 4) is 0 Å². The number of amides is 2. The van der Waals surface area contributed by atoms with E-state index in [0.29, 0.717) is 18.4 Å². The summed E-state index contributed by atoms with van der Waals surface area (Å²) in [6.07, 6.45) is 3.55. The number of esters is 1. The lowest BCUT2D eigenvalue weighted by molar-refractivity contribution is -0.150. The van der Waals surface area contributed by atoms with Gasteiger partial charge in [-0.25, -0.2) is 9.78 Å². The molecule has 12 nitrogen and oxygen atoms in total. The zero-order valence-electron chi connectivity index (χ0n) is 16.3. The monoisotopic (exact) mass is 479 g/mol. The number of carboxylic acids is 1. The molecule has 1 aromatic heterocycles. The molecule has 0 saturated carbocycles. The lowest BCUT2D eigenvalue weighted by Gasteiger charge is -2.49. The largest absolute Gasteiger partial charge is 0.477 e. The summed E-state index contributed by atoms with van der Waals surface area (Å²) in [4.78, 5) is 53.3. The number of thiazole rings is 1. The van der Waals surface area contributed by atoms with E-state index in [9.17, 15) is 29.5 Å². The number of anilines is 1. The van der Waals surface area contributed by atoms with Crippen LogP contribution in [0.2, 0.25) is 0 Å². The van der Waals surface area contributed by atoms with Crippen molar-refractivity contribution < 1.29 is 34.2 Å². The molecule has 2 saturated heterocycles. The number of nitrogens with one attached hydrogen (secondary N) is 1. The Kier molecular flexibility index (Phi) is 5.88. The Bertz CT molecular complexity index is 1100. The minimum Gasteiger partial charge on any atom is -0.477 e. The zero-order valence-corrected chi connectivity index (χ0v) is 17.9. The number of cyclic esters (lactones) is 1. The number of carbonyl (C=O) groups excluding carboxylic acids is 3. The topological polar surface area (TPSA) is 185 Å². The van der Waals surface area contributed by atoms with Crippen LogP contribution in [0.5, 0.6) is 0 Å². The SMILES string of the molecule is Nc1nc(/C(=N/O)C(=O)N[C@@H]2C(=O)N3C(C(=O)O)=C(/C=C/C4CCC(=O)O4)CS[C@@H]23)cs1. The number of rotatable bonds is 6. The highest BCUT2D eigenvalue weighted by molar-refractivity contribution is 8.00. The lowest BCUT2D eigenvalue weighted by Crippen LogP contribution is -2.71. The summed E-state index contributed by atoms with van der Waals surface area (Å²) in [7, 11) is 0. The quantitative estimate of drug-likeness (QED) is 0.141. The molecule has 3 aliphatic rings. The number of nitrogen functional groups attached to an aromatic ring is 1. The second-order valence-corrected chi connectivity index (χ2v) is 8.98. The van der Waals surface area contributed by atoms with Gasteiger partial charge in [0.2, 0.25) is 0 Å². The summed E-state index contributed by atoms with van der Waals surface area (Å²) in [5.41, 5.74) is 5.39. The number of aromatic nitrogens is 1. The number of allylic oxidation sites excluding steroid dienone is 1. The van der Waals surface area contributed by atoms with Gasteiger partial charge in [-0.05, 0) is 18.1 Å². The first kappa shape index (κ1) is 21.8. The molecule has 0 radical (unpaired) electrons. The number of carboxylic acid groups (broad SMARTS) is 1. The highest BCUT2D eigenvalue weighted by Gasteiger charge is 2.54. The van der Waals surface area contributed by atoms with Crippen molar-refractivity contribution >= 4 is 57.7 Å². The standard InChI is InChI=1S/C18H17N5O7S2/c19-18-20-9(6-32-18)11(22-29)14(25)21-12-15(26)23-13(17(27)28)7(5-31-16(12)23)1-2-8-3-4-10(24)30-8/h1-2,6,8,12,16,29H,3-5H2,(H2,19,20)(H,21,25)(H,27,28)/b2-1+,22-11-/t8?,12-,16+/m1/s1. The molecular formula is C18H17N5O7S2. The number of nitrogens with two attached hydrogens (primary N) is 1. The van der Waals surface area contributed by atoms with Crippen LogP contribution in [0.1, 0.15) is 18.5 Å². The maximum Gasteiger partial charge on any atom is 0.352 e. The molecule has 0 aromatic carbocycles. The molecule has 1 aromatic rings. The van der Waals surface area contributed by atoms with Crippen LogP contribution in [0.25, 0.3) is 0 Å². The fourth-order valence-electron chi connectivity index (χ4n) is 3.50. The molecule has 0 bridgehead atoms. The van der Waals surface area contributed by atoms with E-state index in [2.05, 4.69) is 15.5 Å². The van der Waals surface area contributed by atoms with Crippen molar-refractivity contribution in [2.45, 2.75) is 30.4 Å². The molecule has 3 aliphatic heterocycles. The molecule has 5 N–H and O–H groups in total. The van der Waals surface area contributed by atoms with E-state index in [-0.39, 0.29) is 28.2 Å². The molecule has 4 rings (SSSR count). The lowest BCUT2D eigenvalue weighted by atomic mass is 10.0. The Morgan fingerprint density at radius 2 is 2.19 bits per heavy atom. The Labute approximate surface area is 188 Å². The number of fused-ring (bicyclic) bond motifs is 1. The maximum atomic E-state index is 12.7. The van der Waals surface area contributed by atoms with Crippen LogP contribution in [-0.2, 0) is 23.9 Å². The van der Waals surface area contributed by atoms with Crippen LogP contribution in [0.15, 0.2) is 34.0 Å². The summed E-state index contributed by atoms with van der Waals surface area (Å²) in [6, 6.07) is -1.00. The van der Waals surface area contributed by atoms with Crippen LogP contribution in [-0.4, -0.2) is 72.9 Å². The summed E-state index contributed by atoms with van der Waals surface area (Å²) < 4.78 is 5.09. The van der Waals surface area contributed by atoms with E-state index in [1.54, 1.807) is 12.2 Å². The predicted octanol–water partition coefficient (Wildman–Crippen LogP) is -0.0960. The van der Waals surface area contributed by atoms with Gasteiger partial charge in [0.1, 0.15) is 28.9 Å². The van der Waals surface area contributed by atoms with Crippen LogP contribution >= 0.6 is 23.1 Å².